The Morgan fingerprint density at radius 2 is 0.775 bits per heavy atom. The van der Waals surface area contributed by atoms with Crippen molar-refractivity contribution in [2.45, 2.75) is 21.8 Å². The van der Waals surface area contributed by atoms with Crippen molar-refractivity contribution in [3.05, 3.63) is 0 Å². The van der Waals surface area contributed by atoms with Gasteiger partial charge >= 0.3 is 0 Å². The molecule has 0 radical (unpaired) electrons. The molecule has 0 saturated carbocycles. The fourth-order valence-electron chi connectivity index (χ4n) is 5.48. The molecule has 4 aliphatic heterocycles. The van der Waals surface area contributed by atoms with Gasteiger partial charge in [0, 0.05) is 145 Å². The molecular weight excluding hydrogens is 678 g/mol. The molecule has 0 aliphatic carbocycles. The SMILES string of the molecule is CN1CCCN2CCN(C)CCC(Cl)(Cl)N(CC1)CC2.CN1CCN2CCN(C)CC(Cl)(Cl)N(CC1)CC2.[Fe].[Fe]. The average Bonchev–Trinajstić information content (AvgIpc) is 2.97. The summed E-state index contributed by atoms with van der Waals surface area (Å²) in [6.45, 7) is 18.6. The van der Waals surface area contributed by atoms with Crippen LogP contribution in [-0.4, -0.2) is 194 Å². The minimum Gasteiger partial charge on any atom is -0.305 e. The van der Waals surface area contributed by atoms with Crippen LogP contribution in [0.2, 0.25) is 0 Å². The number of alkyl halides is 4. The summed E-state index contributed by atoms with van der Waals surface area (Å²) in [7, 11) is 8.62. The Bertz CT molecular complexity index is 699. The van der Waals surface area contributed by atoms with Gasteiger partial charge in [0.25, 0.3) is 0 Å². The molecule has 40 heavy (non-hydrogen) atoms. The fourth-order valence-corrected chi connectivity index (χ4v) is 6.73. The van der Waals surface area contributed by atoms with Gasteiger partial charge in [0.15, 0.2) is 8.91 Å². The second-order valence-electron chi connectivity index (χ2n) is 11.7. The van der Waals surface area contributed by atoms with Crippen LogP contribution in [0.4, 0.5) is 0 Å². The zero-order valence-corrected chi connectivity index (χ0v) is 30.2. The molecule has 0 aromatic carbocycles. The van der Waals surface area contributed by atoms with Gasteiger partial charge in [-0.25, -0.2) is 0 Å². The average molecular weight is 730 g/mol. The predicted molar refractivity (Wildman–Crippen MR) is 164 cm³/mol. The monoisotopic (exact) mass is 728 g/mol. The first-order valence-electron chi connectivity index (χ1n) is 14.4. The van der Waals surface area contributed by atoms with Gasteiger partial charge < -0.3 is 24.5 Å². The molecule has 4 saturated heterocycles. The maximum absolute atomic E-state index is 6.63. The Balaban J connectivity index is 0.000000383. The number of hydrogen-bond donors (Lipinski definition) is 0. The Morgan fingerprint density at radius 3 is 1.35 bits per heavy atom. The summed E-state index contributed by atoms with van der Waals surface area (Å²) in [4.78, 5) is 18.9. The molecule has 4 aliphatic rings. The summed E-state index contributed by atoms with van der Waals surface area (Å²) in [5.41, 5.74) is 0. The van der Waals surface area contributed by atoms with Crippen molar-refractivity contribution in [2.24, 2.45) is 0 Å². The van der Waals surface area contributed by atoms with E-state index in [4.69, 9.17) is 46.4 Å². The van der Waals surface area contributed by atoms with E-state index in [-0.39, 0.29) is 34.1 Å². The van der Waals surface area contributed by atoms with E-state index in [1.165, 1.54) is 13.0 Å². The maximum atomic E-state index is 6.63. The summed E-state index contributed by atoms with van der Waals surface area (Å²) in [6.07, 6.45) is 2.05. The van der Waals surface area contributed by atoms with Crippen molar-refractivity contribution in [1.29, 1.82) is 0 Å². The summed E-state index contributed by atoms with van der Waals surface area (Å²) in [5.74, 6) is 0. The van der Waals surface area contributed by atoms with Crippen LogP contribution in [0.1, 0.15) is 12.8 Å². The van der Waals surface area contributed by atoms with Crippen molar-refractivity contribution in [3.8, 4) is 0 Å². The second kappa shape index (κ2) is 19.4. The van der Waals surface area contributed by atoms with Crippen LogP contribution >= 0.6 is 46.4 Å². The zero-order valence-electron chi connectivity index (χ0n) is 24.9. The Morgan fingerprint density at radius 1 is 0.400 bits per heavy atom. The van der Waals surface area contributed by atoms with Crippen LogP contribution in [0.3, 0.4) is 0 Å². The fraction of sp³-hybridized carbons (Fsp3) is 1.00. The van der Waals surface area contributed by atoms with E-state index in [1.807, 2.05) is 0 Å². The first-order chi connectivity index (χ1) is 17.9. The molecule has 0 amide bonds. The summed E-state index contributed by atoms with van der Waals surface area (Å²) >= 11 is 26.3. The van der Waals surface area contributed by atoms with Crippen molar-refractivity contribution in [1.82, 2.24) is 39.2 Å². The number of hydrogen-bond acceptors (Lipinski definition) is 8. The first-order valence-corrected chi connectivity index (χ1v) is 15.9. The molecule has 14 heteroatoms. The van der Waals surface area contributed by atoms with E-state index in [0.29, 0.717) is 6.54 Å². The smallest absolute Gasteiger partial charge is 0.184 e. The summed E-state index contributed by atoms with van der Waals surface area (Å²) in [5, 5.41) is 0. The van der Waals surface area contributed by atoms with E-state index in [0.717, 1.165) is 111 Å². The number of fused-ring (bicyclic) bond motifs is 6. The summed E-state index contributed by atoms with van der Waals surface area (Å²) < 4.78 is -1.51. The Hall–Kier alpha value is 1.88. The predicted octanol–water partition coefficient (Wildman–Crippen LogP) is 2.00. The Labute approximate surface area is 285 Å². The molecule has 4 atom stereocenters. The molecule has 240 valence electrons. The third kappa shape index (κ3) is 13.9. The van der Waals surface area contributed by atoms with E-state index >= 15 is 0 Å². The molecule has 0 spiro atoms. The number of rotatable bonds is 0. The Kier molecular flexibility index (Phi) is 19.4. The van der Waals surface area contributed by atoms with Crippen molar-refractivity contribution in [2.75, 3.05) is 146 Å². The van der Waals surface area contributed by atoms with Gasteiger partial charge in [-0.05, 0) is 47.7 Å². The molecule has 0 N–H and O–H groups in total. The van der Waals surface area contributed by atoms with E-state index < -0.39 is 8.91 Å². The van der Waals surface area contributed by atoms with Gasteiger partial charge in [0.1, 0.15) is 0 Å². The van der Waals surface area contributed by atoms with Crippen LogP contribution in [0.25, 0.3) is 0 Å². The van der Waals surface area contributed by atoms with Crippen LogP contribution in [-0.2, 0) is 34.1 Å². The minimum absolute atomic E-state index is 0. The van der Waals surface area contributed by atoms with Gasteiger partial charge in [0.2, 0.25) is 0 Å². The summed E-state index contributed by atoms with van der Waals surface area (Å²) in [6, 6.07) is 0. The van der Waals surface area contributed by atoms with E-state index in [9.17, 15) is 0 Å². The molecule has 0 aromatic rings. The maximum Gasteiger partial charge on any atom is 0.184 e. The zero-order chi connectivity index (χ0) is 27.8. The van der Waals surface area contributed by atoms with Crippen LogP contribution in [0.15, 0.2) is 0 Å². The van der Waals surface area contributed by atoms with E-state index in [1.54, 1.807) is 0 Å². The van der Waals surface area contributed by atoms with Crippen LogP contribution < -0.4 is 0 Å². The number of nitrogens with zero attached hydrogens (tertiary/aromatic N) is 8. The van der Waals surface area contributed by atoms with Crippen molar-refractivity contribution in [3.63, 3.8) is 0 Å². The number of halogens is 4. The van der Waals surface area contributed by atoms with E-state index in [2.05, 4.69) is 67.4 Å². The first kappa shape index (κ1) is 39.9. The van der Waals surface area contributed by atoms with Gasteiger partial charge in [-0.3, -0.25) is 14.7 Å². The second-order valence-corrected chi connectivity index (χ2v) is 14.6. The normalized spacial score (nSPS) is 33.6. The van der Waals surface area contributed by atoms with Crippen LogP contribution in [0.5, 0.6) is 0 Å². The topological polar surface area (TPSA) is 25.9 Å². The van der Waals surface area contributed by atoms with Gasteiger partial charge in [-0.2, -0.15) is 0 Å². The largest absolute Gasteiger partial charge is 0.305 e. The van der Waals surface area contributed by atoms with Crippen molar-refractivity contribution < 1.29 is 34.1 Å². The molecule has 4 fully saturated rings. The molecule has 8 nitrogen and oxygen atoms in total. The third-order valence-electron chi connectivity index (χ3n) is 8.46. The third-order valence-corrected chi connectivity index (χ3v) is 10.0. The molecule has 4 rings (SSSR count). The van der Waals surface area contributed by atoms with Crippen molar-refractivity contribution >= 4 is 46.4 Å². The molecular formula is C26H52Cl4Fe2N8. The van der Waals surface area contributed by atoms with Gasteiger partial charge in [-0.1, -0.05) is 46.4 Å². The quantitative estimate of drug-likeness (QED) is 0.213. The van der Waals surface area contributed by atoms with Gasteiger partial charge in [-0.15, -0.1) is 0 Å². The van der Waals surface area contributed by atoms with Crippen LogP contribution in [0, 0.1) is 0 Å². The number of likely N-dealkylation sites (N-methyl/N-ethyl adjacent to an activating group) is 4. The standard InChI is InChI=1S/C14H28Cl2N4.C12H24Cl2N4.2Fe/c1-17-5-3-6-19-10-8-18(2)7-4-14(15,16)20(12-9-17)13-11-19;1-15-3-6-17-7-4-16(2)11-12(13,14)18(9-5-15)10-8-17;;/h3-13H2,1-2H3;3-11H2,1-2H3;;. The molecule has 4 heterocycles. The molecule has 4 bridgehead atoms. The molecule has 4 unspecified atom stereocenters. The minimum atomic E-state index is -0.768. The molecule has 0 aromatic heterocycles. The van der Waals surface area contributed by atoms with Gasteiger partial charge in [0.05, 0.1) is 0 Å².